The summed E-state index contributed by atoms with van der Waals surface area (Å²) in [7, 11) is 4.58. The van der Waals surface area contributed by atoms with Gasteiger partial charge in [-0.25, -0.2) is 0 Å². The van der Waals surface area contributed by atoms with Crippen molar-refractivity contribution >= 4 is 35.4 Å². The molecule has 1 unspecified atom stereocenters. The monoisotopic (exact) mass is 582 g/mol. The second-order valence-electron chi connectivity index (χ2n) is 11.8. The van der Waals surface area contributed by atoms with Gasteiger partial charge in [-0.05, 0) is 37.5 Å². The molecular formula is C29H54N6O6. The predicted octanol–water partition coefficient (Wildman–Crippen LogP) is 1.12. The van der Waals surface area contributed by atoms with E-state index in [0.29, 0.717) is 25.7 Å². The molecule has 0 aromatic rings. The first-order valence-corrected chi connectivity index (χ1v) is 14.6. The third-order valence-corrected chi connectivity index (χ3v) is 7.35. The molecule has 0 aliphatic rings. The second-order valence-corrected chi connectivity index (χ2v) is 11.8. The van der Waals surface area contributed by atoms with E-state index < -0.39 is 47.8 Å². The Labute approximate surface area is 246 Å². The Hall–Kier alpha value is -3.18. The van der Waals surface area contributed by atoms with Gasteiger partial charge in [0.05, 0.1) is 6.54 Å². The van der Waals surface area contributed by atoms with Crippen LogP contribution in [-0.2, 0) is 28.8 Å². The molecule has 0 aliphatic carbocycles. The van der Waals surface area contributed by atoms with Crippen LogP contribution in [0.15, 0.2) is 0 Å². The van der Waals surface area contributed by atoms with Gasteiger partial charge in [0.25, 0.3) is 0 Å². The van der Waals surface area contributed by atoms with Gasteiger partial charge in [0.2, 0.25) is 35.4 Å². The third kappa shape index (κ3) is 11.7. The zero-order valence-electron chi connectivity index (χ0n) is 26.9. The molecule has 0 aromatic carbocycles. The number of likely N-dealkylation sites (N-methyl/N-ethyl adjacent to an activating group) is 3. The Morgan fingerprint density at radius 1 is 0.780 bits per heavy atom. The van der Waals surface area contributed by atoms with E-state index in [2.05, 4.69) is 10.6 Å². The standard InChI is InChI=1S/C29H54N6O6/c1-12-14-22(36)33(9)16-23(37)35(11)25(19(7)13-2)28(40)32-24(18(5)6)29(41)34(10)21(15-17(3)4)27(39)31-20(8)26(30)38/h17-21,24-25H,12-16H2,1-11H3,(H2,30,38)(H,31,39)(H,32,40)/t19?,20-,21+,24+,25+/m1/s1. The minimum absolute atomic E-state index is 0.0498. The van der Waals surface area contributed by atoms with Crippen molar-refractivity contribution in [1.82, 2.24) is 25.3 Å². The Morgan fingerprint density at radius 2 is 1.34 bits per heavy atom. The van der Waals surface area contributed by atoms with Crippen molar-refractivity contribution in [3.05, 3.63) is 0 Å². The third-order valence-electron chi connectivity index (χ3n) is 7.35. The number of nitrogens with two attached hydrogens (primary N) is 1. The van der Waals surface area contributed by atoms with Crippen LogP contribution in [0.5, 0.6) is 0 Å². The molecule has 0 saturated heterocycles. The first kappa shape index (κ1) is 37.8. The van der Waals surface area contributed by atoms with Crippen LogP contribution in [0.1, 0.15) is 81.1 Å². The number of amides is 6. The van der Waals surface area contributed by atoms with Crippen molar-refractivity contribution in [3.8, 4) is 0 Å². The quantitative estimate of drug-likeness (QED) is 0.233. The summed E-state index contributed by atoms with van der Waals surface area (Å²) >= 11 is 0. The molecule has 236 valence electrons. The maximum Gasteiger partial charge on any atom is 0.245 e. The molecule has 0 fully saturated rings. The molecule has 0 aliphatic heterocycles. The Bertz CT molecular complexity index is 923. The van der Waals surface area contributed by atoms with Crippen LogP contribution in [-0.4, -0.2) is 102 Å². The molecule has 41 heavy (non-hydrogen) atoms. The van der Waals surface area contributed by atoms with Crippen LogP contribution in [0.3, 0.4) is 0 Å². The SMILES string of the molecule is CCCC(=O)N(C)CC(=O)N(C)[C@H](C(=O)N[C@H](C(=O)N(C)[C@@H](CC(C)C)C(=O)N[C@H](C)C(N)=O)C(C)C)C(C)CC. The van der Waals surface area contributed by atoms with Gasteiger partial charge in [-0.1, -0.05) is 54.9 Å². The number of nitrogens with one attached hydrogen (secondary N) is 2. The van der Waals surface area contributed by atoms with E-state index in [1.54, 1.807) is 20.9 Å². The highest BCUT2D eigenvalue weighted by Crippen LogP contribution is 2.18. The fourth-order valence-corrected chi connectivity index (χ4v) is 4.40. The van der Waals surface area contributed by atoms with Gasteiger partial charge in [0, 0.05) is 27.6 Å². The summed E-state index contributed by atoms with van der Waals surface area (Å²) in [4.78, 5) is 81.2. The molecule has 5 atom stereocenters. The summed E-state index contributed by atoms with van der Waals surface area (Å²) < 4.78 is 0. The zero-order chi connectivity index (χ0) is 32.2. The summed E-state index contributed by atoms with van der Waals surface area (Å²) in [6, 6.07) is -3.67. The van der Waals surface area contributed by atoms with Crippen molar-refractivity contribution in [2.24, 2.45) is 23.5 Å². The number of primary amides is 1. The minimum Gasteiger partial charge on any atom is -0.368 e. The van der Waals surface area contributed by atoms with Gasteiger partial charge in [-0.2, -0.15) is 0 Å². The van der Waals surface area contributed by atoms with E-state index in [9.17, 15) is 28.8 Å². The summed E-state index contributed by atoms with van der Waals surface area (Å²) in [5, 5.41) is 5.40. The largest absolute Gasteiger partial charge is 0.368 e. The Morgan fingerprint density at radius 3 is 1.78 bits per heavy atom. The molecule has 12 nitrogen and oxygen atoms in total. The summed E-state index contributed by atoms with van der Waals surface area (Å²) in [5.74, 6) is -3.25. The second kappa shape index (κ2) is 17.6. The van der Waals surface area contributed by atoms with Crippen LogP contribution in [0.2, 0.25) is 0 Å². The summed E-state index contributed by atoms with van der Waals surface area (Å²) in [5.41, 5.74) is 5.30. The topological polar surface area (TPSA) is 162 Å². The van der Waals surface area contributed by atoms with Gasteiger partial charge in [0.15, 0.2) is 0 Å². The number of hydrogen-bond donors (Lipinski definition) is 3. The molecule has 4 N–H and O–H groups in total. The van der Waals surface area contributed by atoms with Gasteiger partial charge in [-0.15, -0.1) is 0 Å². The van der Waals surface area contributed by atoms with Gasteiger partial charge >= 0.3 is 0 Å². The zero-order valence-corrected chi connectivity index (χ0v) is 26.9. The molecule has 0 saturated carbocycles. The lowest BCUT2D eigenvalue weighted by Gasteiger charge is -2.36. The van der Waals surface area contributed by atoms with Crippen LogP contribution in [0.25, 0.3) is 0 Å². The molecule has 6 amide bonds. The van der Waals surface area contributed by atoms with Crippen LogP contribution in [0, 0.1) is 17.8 Å². The molecule has 0 aromatic heterocycles. The number of carbonyl (C=O) groups excluding carboxylic acids is 6. The highest BCUT2D eigenvalue weighted by atomic mass is 16.2. The van der Waals surface area contributed by atoms with Crippen molar-refractivity contribution in [1.29, 1.82) is 0 Å². The Kier molecular flexibility index (Phi) is 16.2. The van der Waals surface area contributed by atoms with Gasteiger partial charge < -0.3 is 31.1 Å². The number of carbonyl (C=O) groups is 6. The van der Waals surface area contributed by atoms with Crippen LogP contribution < -0.4 is 16.4 Å². The number of rotatable bonds is 17. The molecule has 0 radical (unpaired) electrons. The van der Waals surface area contributed by atoms with Crippen molar-refractivity contribution < 1.29 is 28.8 Å². The summed E-state index contributed by atoms with van der Waals surface area (Å²) in [6.07, 6.45) is 1.91. The average Bonchev–Trinajstić information content (AvgIpc) is 2.88. The normalized spacial score (nSPS) is 14.9. The molecule has 0 heterocycles. The number of nitrogens with zero attached hydrogens (tertiary/aromatic N) is 3. The molecule has 12 heteroatoms. The fourth-order valence-electron chi connectivity index (χ4n) is 4.40. The highest BCUT2D eigenvalue weighted by Gasteiger charge is 2.38. The van der Waals surface area contributed by atoms with Crippen molar-refractivity contribution in [2.45, 2.75) is 105 Å². The first-order chi connectivity index (χ1) is 18.9. The van der Waals surface area contributed by atoms with Gasteiger partial charge in [0.1, 0.15) is 24.2 Å². The minimum atomic E-state index is -0.979. The molecular weight excluding hydrogens is 528 g/mol. The molecule has 0 bridgehead atoms. The smallest absolute Gasteiger partial charge is 0.245 e. The van der Waals surface area contributed by atoms with E-state index in [1.807, 2.05) is 34.6 Å². The predicted molar refractivity (Wildman–Crippen MR) is 158 cm³/mol. The van der Waals surface area contributed by atoms with Crippen molar-refractivity contribution in [2.75, 3.05) is 27.7 Å². The number of hydrogen-bond acceptors (Lipinski definition) is 6. The maximum atomic E-state index is 13.7. The van der Waals surface area contributed by atoms with E-state index in [-0.39, 0.29) is 36.1 Å². The molecule has 0 rings (SSSR count). The maximum absolute atomic E-state index is 13.7. The lowest BCUT2D eigenvalue weighted by atomic mass is 9.94. The van der Waals surface area contributed by atoms with E-state index in [0.717, 1.165) is 0 Å². The van der Waals surface area contributed by atoms with Crippen molar-refractivity contribution in [3.63, 3.8) is 0 Å². The van der Waals surface area contributed by atoms with E-state index in [4.69, 9.17) is 5.73 Å². The average molecular weight is 583 g/mol. The molecule has 0 spiro atoms. The first-order valence-electron chi connectivity index (χ1n) is 14.6. The fraction of sp³-hybridized carbons (Fsp3) is 0.793. The van der Waals surface area contributed by atoms with E-state index >= 15 is 0 Å². The lowest BCUT2D eigenvalue weighted by Crippen LogP contribution is -2.60. The summed E-state index contributed by atoms with van der Waals surface area (Å²) in [6.45, 7) is 14.3. The van der Waals surface area contributed by atoms with E-state index in [1.165, 1.54) is 35.7 Å². The van der Waals surface area contributed by atoms with Gasteiger partial charge in [-0.3, -0.25) is 28.8 Å². The van der Waals surface area contributed by atoms with Crippen LogP contribution >= 0.6 is 0 Å². The Balaban J connectivity index is 6.03. The van der Waals surface area contributed by atoms with Crippen LogP contribution in [0.4, 0.5) is 0 Å². The highest BCUT2D eigenvalue weighted by molar-refractivity contribution is 5.95. The lowest BCUT2D eigenvalue weighted by molar-refractivity contribution is -0.147.